The summed E-state index contributed by atoms with van der Waals surface area (Å²) in [6.45, 7) is 1.94. The Bertz CT molecular complexity index is 152. The second-order valence-corrected chi connectivity index (χ2v) is 3.71. The van der Waals surface area contributed by atoms with Crippen LogP contribution in [-0.2, 0) is 0 Å². The van der Waals surface area contributed by atoms with Gasteiger partial charge < -0.3 is 0 Å². The van der Waals surface area contributed by atoms with Crippen LogP contribution in [0.3, 0.4) is 0 Å². The van der Waals surface area contributed by atoms with Crippen molar-refractivity contribution < 1.29 is 0 Å². The Labute approximate surface area is 75.0 Å². The van der Waals surface area contributed by atoms with Gasteiger partial charge in [-0.1, -0.05) is 25.7 Å². The Morgan fingerprint density at radius 2 is 1.83 bits per heavy atom. The third-order valence-corrected chi connectivity index (χ3v) is 2.53. The molecule has 0 aromatic carbocycles. The van der Waals surface area contributed by atoms with E-state index in [4.69, 9.17) is 5.26 Å². The number of nitrogens with zero attached hydrogens (tertiary/aromatic N) is 1. The second-order valence-electron chi connectivity index (χ2n) is 3.71. The molecule has 1 aliphatic rings. The van der Waals surface area contributed by atoms with E-state index in [1.165, 1.54) is 38.5 Å². The SMILES string of the molecule is CC(C#N)NC1CCCCCC1. The van der Waals surface area contributed by atoms with Crippen LogP contribution in [0.4, 0.5) is 0 Å². The van der Waals surface area contributed by atoms with Crippen LogP contribution in [0.2, 0.25) is 0 Å². The first-order valence-corrected chi connectivity index (χ1v) is 4.98. The third-order valence-electron chi connectivity index (χ3n) is 2.53. The molecule has 0 heterocycles. The van der Waals surface area contributed by atoms with Gasteiger partial charge in [0, 0.05) is 6.04 Å². The summed E-state index contributed by atoms with van der Waals surface area (Å²) in [6.07, 6.45) is 7.92. The van der Waals surface area contributed by atoms with Crippen molar-refractivity contribution in [2.45, 2.75) is 57.5 Å². The van der Waals surface area contributed by atoms with Gasteiger partial charge in [-0.2, -0.15) is 5.26 Å². The Morgan fingerprint density at radius 3 is 2.33 bits per heavy atom. The quantitative estimate of drug-likeness (QED) is 0.638. The van der Waals surface area contributed by atoms with Crippen LogP contribution in [0.5, 0.6) is 0 Å². The molecule has 1 aliphatic carbocycles. The fraction of sp³-hybridized carbons (Fsp3) is 0.900. The van der Waals surface area contributed by atoms with E-state index < -0.39 is 0 Å². The van der Waals surface area contributed by atoms with Gasteiger partial charge in [-0.25, -0.2) is 0 Å². The molecule has 2 heteroatoms. The monoisotopic (exact) mass is 166 g/mol. The van der Waals surface area contributed by atoms with Crippen molar-refractivity contribution in [3.05, 3.63) is 0 Å². The summed E-state index contributed by atoms with van der Waals surface area (Å²) >= 11 is 0. The Kier molecular flexibility index (Phi) is 4.10. The minimum Gasteiger partial charge on any atom is -0.299 e. The van der Waals surface area contributed by atoms with Gasteiger partial charge in [0.05, 0.1) is 12.1 Å². The number of hydrogen-bond donors (Lipinski definition) is 1. The Balaban J connectivity index is 2.25. The molecule has 1 N–H and O–H groups in total. The molecular weight excluding hydrogens is 148 g/mol. The molecule has 0 aromatic heterocycles. The first-order chi connectivity index (χ1) is 5.83. The van der Waals surface area contributed by atoms with Gasteiger partial charge in [0.15, 0.2) is 0 Å². The molecule has 0 bridgehead atoms. The van der Waals surface area contributed by atoms with Crippen LogP contribution in [-0.4, -0.2) is 12.1 Å². The standard InChI is InChI=1S/C10H18N2/c1-9(8-11)12-10-6-4-2-3-5-7-10/h9-10,12H,2-7H2,1H3. The molecular formula is C10H18N2. The molecule has 1 atom stereocenters. The molecule has 0 radical (unpaired) electrons. The number of nitriles is 1. The summed E-state index contributed by atoms with van der Waals surface area (Å²) < 4.78 is 0. The molecule has 0 saturated heterocycles. The minimum absolute atomic E-state index is 0.0214. The predicted molar refractivity (Wildman–Crippen MR) is 49.7 cm³/mol. The average Bonchev–Trinajstić information content (AvgIpc) is 2.33. The van der Waals surface area contributed by atoms with Crippen molar-refractivity contribution in [2.75, 3.05) is 0 Å². The van der Waals surface area contributed by atoms with Gasteiger partial charge in [-0.15, -0.1) is 0 Å². The van der Waals surface area contributed by atoms with Gasteiger partial charge in [0.25, 0.3) is 0 Å². The van der Waals surface area contributed by atoms with Gasteiger partial charge in [0.1, 0.15) is 0 Å². The van der Waals surface area contributed by atoms with E-state index >= 15 is 0 Å². The molecule has 0 amide bonds. The molecule has 2 nitrogen and oxygen atoms in total. The lowest BCUT2D eigenvalue weighted by Crippen LogP contribution is -2.35. The fourth-order valence-corrected chi connectivity index (χ4v) is 1.84. The lowest BCUT2D eigenvalue weighted by molar-refractivity contribution is 0.443. The van der Waals surface area contributed by atoms with Crippen molar-refractivity contribution in [3.8, 4) is 6.07 Å². The highest BCUT2D eigenvalue weighted by Crippen LogP contribution is 2.17. The lowest BCUT2D eigenvalue weighted by atomic mass is 10.1. The number of nitrogens with one attached hydrogen (secondary N) is 1. The molecule has 0 aliphatic heterocycles. The van der Waals surface area contributed by atoms with Gasteiger partial charge >= 0.3 is 0 Å². The van der Waals surface area contributed by atoms with Crippen molar-refractivity contribution >= 4 is 0 Å². The van der Waals surface area contributed by atoms with Gasteiger partial charge in [0.2, 0.25) is 0 Å². The van der Waals surface area contributed by atoms with Crippen molar-refractivity contribution in [1.29, 1.82) is 5.26 Å². The molecule has 1 saturated carbocycles. The van der Waals surface area contributed by atoms with Crippen LogP contribution < -0.4 is 5.32 Å². The zero-order valence-electron chi connectivity index (χ0n) is 7.84. The zero-order valence-corrected chi connectivity index (χ0v) is 7.84. The van der Waals surface area contributed by atoms with Crippen LogP contribution >= 0.6 is 0 Å². The summed E-state index contributed by atoms with van der Waals surface area (Å²) in [5.41, 5.74) is 0. The number of rotatable bonds is 2. The zero-order chi connectivity index (χ0) is 8.81. The summed E-state index contributed by atoms with van der Waals surface area (Å²) in [5.74, 6) is 0. The normalized spacial score (nSPS) is 22.7. The van der Waals surface area contributed by atoms with Crippen LogP contribution in [0, 0.1) is 11.3 Å². The van der Waals surface area contributed by atoms with E-state index in [-0.39, 0.29) is 6.04 Å². The highest BCUT2D eigenvalue weighted by atomic mass is 14.9. The van der Waals surface area contributed by atoms with Crippen molar-refractivity contribution in [2.24, 2.45) is 0 Å². The Morgan fingerprint density at radius 1 is 1.25 bits per heavy atom. The van der Waals surface area contributed by atoms with E-state index in [1.807, 2.05) is 6.92 Å². The summed E-state index contributed by atoms with van der Waals surface area (Å²) in [7, 11) is 0. The molecule has 68 valence electrons. The lowest BCUT2D eigenvalue weighted by Gasteiger charge is -2.17. The van der Waals surface area contributed by atoms with Gasteiger partial charge in [-0.3, -0.25) is 5.32 Å². The predicted octanol–water partition coefficient (Wildman–Crippen LogP) is 2.21. The fourth-order valence-electron chi connectivity index (χ4n) is 1.84. The highest BCUT2D eigenvalue weighted by Gasteiger charge is 2.13. The van der Waals surface area contributed by atoms with Crippen molar-refractivity contribution in [3.63, 3.8) is 0 Å². The molecule has 1 unspecified atom stereocenters. The maximum absolute atomic E-state index is 8.62. The average molecular weight is 166 g/mol. The largest absolute Gasteiger partial charge is 0.299 e. The summed E-state index contributed by atoms with van der Waals surface area (Å²) in [5, 5.41) is 12.0. The maximum Gasteiger partial charge on any atom is 0.0926 e. The first-order valence-electron chi connectivity index (χ1n) is 4.98. The van der Waals surface area contributed by atoms with Crippen molar-refractivity contribution in [1.82, 2.24) is 5.32 Å². The van der Waals surface area contributed by atoms with Gasteiger partial charge in [-0.05, 0) is 19.8 Å². The van der Waals surface area contributed by atoms with Crippen LogP contribution in [0.1, 0.15) is 45.4 Å². The molecule has 0 aromatic rings. The molecule has 1 rings (SSSR count). The molecule has 1 fully saturated rings. The highest BCUT2D eigenvalue weighted by molar-refractivity contribution is 4.88. The number of hydrogen-bond acceptors (Lipinski definition) is 2. The topological polar surface area (TPSA) is 35.8 Å². The molecule has 0 spiro atoms. The maximum atomic E-state index is 8.62. The van der Waals surface area contributed by atoms with E-state index in [2.05, 4.69) is 11.4 Å². The second kappa shape index (κ2) is 5.16. The Hall–Kier alpha value is -0.550. The van der Waals surface area contributed by atoms with E-state index in [0.717, 1.165) is 0 Å². The molecule has 12 heavy (non-hydrogen) atoms. The van der Waals surface area contributed by atoms with Crippen LogP contribution in [0.25, 0.3) is 0 Å². The summed E-state index contributed by atoms with van der Waals surface area (Å²) in [4.78, 5) is 0. The first kappa shape index (κ1) is 9.54. The van der Waals surface area contributed by atoms with E-state index in [0.29, 0.717) is 6.04 Å². The van der Waals surface area contributed by atoms with Crippen LogP contribution in [0.15, 0.2) is 0 Å². The van der Waals surface area contributed by atoms with E-state index in [9.17, 15) is 0 Å². The summed E-state index contributed by atoms with van der Waals surface area (Å²) in [6, 6.07) is 2.84. The van der Waals surface area contributed by atoms with E-state index in [1.54, 1.807) is 0 Å². The third kappa shape index (κ3) is 3.23. The minimum atomic E-state index is 0.0214. The smallest absolute Gasteiger partial charge is 0.0926 e.